The van der Waals surface area contributed by atoms with Gasteiger partial charge in [0.15, 0.2) is 14.0 Å². The van der Waals surface area contributed by atoms with Crippen LogP contribution in [-0.2, 0) is 9.16 Å². The van der Waals surface area contributed by atoms with Crippen LogP contribution in [0.3, 0.4) is 0 Å². The molecular weight excluding hydrogens is 393 g/mol. The topological polar surface area (TPSA) is 38.8 Å². The van der Waals surface area contributed by atoms with E-state index in [1.54, 1.807) is 0 Å². The number of hydrogen-bond donors (Lipinski definition) is 0. The summed E-state index contributed by atoms with van der Waals surface area (Å²) >= 11 is 3.29. The fourth-order valence-electron chi connectivity index (χ4n) is 2.34. The zero-order valence-electron chi connectivity index (χ0n) is 16.3. The lowest BCUT2D eigenvalue weighted by Crippen LogP contribution is -2.61. The van der Waals surface area contributed by atoms with Crippen molar-refractivity contribution in [3.05, 3.63) is 0 Å². The molecular formula is C17H33BrFNO3Si. The lowest BCUT2D eigenvalue weighted by atomic mass is 9.94. The number of amides is 1. The van der Waals surface area contributed by atoms with Crippen LogP contribution in [0.25, 0.3) is 0 Å². The third-order valence-electron chi connectivity index (χ3n) is 4.81. The van der Waals surface area contributed by atoms with Gasteiger partial charge in [-0.2, -0.15) is 0 Å². The summed E-state index contributed by atoms with van der Waals surface area (Å²) in [6.07, 6.45) is -0.485. The highest BCUT2D eigenvalue weighted by molar-refractivity contribution is 9.09. The van der Waals surface area contributed by atoms with E-state index in [4.69, 9.17) is 9.16 Å². The molecule has 0 radical (unpaired) electrons. The first kappa shape index (κ1) is 21.9. The summed E-state index contributed by atoms with van der Waals surface area (Å²) in [6.45, 7) is 16.6. The summed E-state index contributed by atoms with van der Waals surface area (Å²) in [4.78, 5) is 13.7. The van der Waals surface area contributed by atoms with Gasteiger partial charge in [0.05, 0.1) is 12.6 Å². The summed E-state index contributed by atoms with van der Waals surface area (Å²) in [7, 11) is -2.08. The molecule has 0 aromatic heterocycles. The maximum atomic E-state index is 15.5. The Morgan fingerprint density at radius 1 is 1.29 bits per heavy atom. The molecule has 1 heterocycles. The van der Waals surface area contributed by atoms with Gasteiger partial charge in [0.25, 0.3) is 0 Å². The van der Waals surface area contributed by atoms with Crippen LogP contribution in [0.5, 0.6) is 0 Å². The Balaban J connectivity index is 2.87. The highest BCUT2D eigenvalue weighted by Crippen LogP contribution is 2.41. The van der Waals surface area contributed by atoms with E-state index in [1.807, 2.05) is 20.8 Å². The summed E-state index contributed by atoms with van der Waals surface area (Å²) in [5.41, 5.74) is -2.19. The van der Waals surface area contributed by atoms with Crippen molar-refractivity contribution in [2.45, 2.75) is 83.5 Å². The number of ether oxygens (including phenoxy) is 1. The van der Waals surface area contributed by atoms with Gasteiger partial charge in [0.1, 0.15) is 5.60 Å². The molecule has 2 unspecified atom stereocenters. The van der Waals surface area contributed by atoms with Crippen molar-refractivity contribution in [3.63, 3.8) is 0 Å². The number of hydrogen-bond acceptors (Lipinski definition) is 3. The second kappa shape index (κ2) is 7.23. The zero-order valence-corrected chi connectivity index (χ0v) is 18.9. The number of piperidine rings is 1. The maximum Gasteiger partial charge on any atom is 0.410 e. The molecule has 24 heavy (non-hydrogen) atoms. The van der Waals surface area contributed by atoms with E-state index in [9.17, 15) is 4.79 Å². The molecule has 2 atom stereocenters. The average molecular weight is 426 g/mol. The highest BCUT2D eigenvalue weighted by atomic mass is 79.9. The smallest absolute Gasteiger partial charge is 0.410 e. The Bertz CT molecular complexity index is 462. The largest absolute Gasteiger partial charge is 0.444 e. The van der Waals surface area contributed by atoms with Crippen molar-refractivity contribution in [3.8, 4) is 0 Å². The highest BCUT2D eigenvalue weighted by Gasteiger charge is 2.50. The van der Waals surface area contributed by atoms with Gasteiger partial charge in [-0.1, -0.05) is 36.7 Å². The lowest BCUT2D eigenvalue weighted by molar-refractivity contribution is -0.0535. The van der Waals surface area contributed by atoms with E-state index < -0.39 is 31.8 Å². The van der Waals surface area contributed by atoms with Gasteiger partial charge in [0, 0.05) is 11.9 Å². The van der Waals surface area contributed by atoms with Crippen molar-refractivity contribution >= 4 is 30.3 Å². The Hall–Kier alpha value is -0.143. The maximum absolute atomic E-state index is 15.5. The second-order valence-corrected chi connectivity index (χ2v) is 14.5. The van der Waals surface area contributed by atoms with Crippen LogP contribution < -0.4 is 0 Å². The normalized spacial score (nSPS) is 26.4. The molecule has 1 rings (SSSR count). The predicted octanol–water partition coefficient (Wildman–Crippen LogP) is 5.12. The predicted molar refractivity (Wildman–Crippen MR) is 102 cm³/mol. The molecule has 1 fully saturated rings. The number of carbonyl (C=O) groups excluding carboxylic acids is 1. The van der Waals surface area contributed by atoms with Crippen molar-refractivity contribution in [2.24, 2.45) is 0 Å². The number of likely N-dealkylation sites (tertiary alicyclic amines) is 1. The van der Waals surface area contributed by atoms with E-state index >= 15 is 4.39 Å². The van der Waals surface area contributed by atoms with E-state index in [1.165, 1.54) is 4.90 Å². The van der Waals surface area contributed by atoms with E-state index in [0.717, 1.165) is 0 Å². The van der Waals surface area contributed by atoms with Gasteiger partial charge >= 0.3 is 6.09 Å². The van der Waals surface area contributed by atoms with E-state index in [0.29, 0.717) is 13.0 Å². The van der Waals surface area contributed by atoms with Gasteiger partial charge in [-0.15, -0.1) is 0 Å². The number of rotatable bonds is 3. The molecule has 0 aliphatic carbocycles. The number of alkyl halides is 2. The number of nitrogens with zero attached hydrogens (tertiary/aromatic N) is 1. The first-order valence-electron chi connectivity index (χ1n) is 8.52. The molecule has 0 N–H and O–H groups in total. The van der Waals surface area contributed by atoms with Crippen LogP contribution >= 0.6 is 15.9 Å². The molecule has 1 aliphatic rings. The first-order chi connectivity index (χ1) is 10.6. The molecule has 0 saturated carbocycles. The second-order valence-electron chi connectivity index (χ2n) is 9.23. The fraction of sp³-hybridized carbons (Fsp3) is 0.941. The molecule has 0 aromatic rings. The van der Waals surface area contributed by atoms with Crippen molar-refractivity contribution in [1.82, 2.24) is 4.90 Å². The van der Waals surface area contributed by atoms with Crippen LogP contribution in [0.4, 0.5) is 9.18 Å². The van der Waals surface area contributed by atoms with Gasteiger partial charge in [0.2, 0.25) is 0 Å². The van der Waals surface area contributed by atoms with Crippen LogP contribution in [-0.4, -0.2) is 55.1 Å². The van der Waals surface area contributed by atoms with Crippen LogP contribution in [0.2, 0.25) is 18.1 Å². The standard InChI is InChI=1S/C17H33BrFNO3Si/c1-15(2,3)22-14(21)20-10-9-13(17(19,11-18)12-20)23-24(7,8)16(4,5)6/h13H,9-12H2,1-8H3. The number of halogens is 2. The third kappa shape index (κ3) is 5.43. The van der Waals surface area contributed by atoms with Crippen LogP contribution in [0, 0.1) is 0 Å². The monoisotopic (exact) mass is 425 g/mol. The Kier molecular flexibility index (Phi) is 6.60. The van der Waals surface area contributed by atoms with Gasteiger partial charge in [-0.25, -0.2) is 9.18 Å². The summed E-state index contributed by atoms with van der Waals surface area (Å²) < 4.78 is 27.2. The van der Waals surface area contributed by atoms with Crippen molar-refractivity contribution in [2.75, 3.05) is 18.4 Å². The van der Waals surface area contributed by atoms with Gasteiger partial charge in [-0.3, -0.25) is 0 Å². The minimum atomic E-state index is -2.08. The molecule has 4 nitrogen and oxygen atoms in total. The van der Waals surface area contributed by atoms with Crippen LogP contribution in [0.15, 0.2) is 0 Å². The summed E-state index contributed by atoms with van der Waals surface area (Å²) in [6, 6.07) is 0. The Morgan fingerprint density at radius 3 is 2.25 bits per heavy atom. The molecule has 0 spiro atoms. The van der Waals surface area contributed by atoms with Crippen molar-refractivity contribution < 1.29 is 18.3 Å². The summed E-state index contributed by atoms with van der Waals surface area (Å²) in [5, 5.41) is 0.154. The Morgan fingerprint density at radius 2 is 1.83 bits per heavy atom. The zero-order chi connectivity index (χ0) is 19.0. The molecule has 1 saturated heterocycles. The molecule has 1 aliphatic heterocycles. The quantitative estimate of drug-likeness (QED) is 0.464. The van der Waals surface area contributed by atoms with E-state index in [2.05, 4.69) is 49.8 Å². The minimum Gasteiger partial charge on any atom is -0.444 e. The number of carbonyl (C=O) groups is 1. The molecule has 1 amide bonds. The third-order valence-corrected chi connectivity index (χ3v) is 10.2. The Labute approximate surface area is 155 Å². The fourth-order valence-corrected chi connectivity index (χ4v) is 4.27. The molecule has 7 heteroatoms. The van der Waals surface area contributed by atoms with Gasteiger partial charge < -0.3 is 14.1 Å². The van der Waals surface area contributed by atoms with E-state index in [-0.39, 0.29) is 16.9 Å². The van der Waals surface area contributed by atoms with Crippen LogP contribution in [0.1, 0.15) is 48.0 Å². The lowest BCUT2D eigenvalue weighted by Gasteiger charge is -2.47. The first-order valence-corrected chi connectivity index (χ1v) is 12.5. The van der Waals surface area contributed by atoms with Gasteiger partial charge in [-0.05, 0) is 45.3 Å². The molecule has 0 bridgehead atoms. The minimum absolute atomic E-state index is 0.00749. The SMILES string of the molecule is CC(C)(C)OC(=O)N1CCC(O[Si](C)(C)C(C)(C)C)C(F)(CBr)C1. The molecule has 0 aromatic carbocycles. The van der Waals surface area contributed by atoms with Crippen molar-refractivity contribution in [1.29, 1.82) is 0 Å². The average Bonchev–Trinajstić information content (AvgIpc) is 2.37. The summed E-state index contributed by atoms with van der Waals surface area (Å²) in [5.74, 6) is 0. The molecule has 142 valence electrons.